The molecule has 1 N–H and O–H groups in total. The molecule has 0 aliphatic rings. The number of phenolic OH excluding ortho intramolecular Hbond substituents is 1. The molecular formula is C15H14ClNO2. The van der Waals surface area contributed by atoms with Crippen molar-refractivity contribution in [2.24, 2.45) is 0 Å². The maximum absolute atomic E-state index is 12.4. The fourth-order valence-electron chi connectivity index (χ4n) is 1.84. The summed E-state index contributed by atoms with van der Waals surface area (Å²) in [4.78, 5) is 13.9. The molecule has 98 valence electrons. The summed E-state index contributed by atoms with van der Waals surface area (Å²) < 4.78 is 0. The molecule has 0 aliphatic carbocycles. The molecule has 0 saturated carbocycles. The van der Waals surface area contributed by atoms with Crippen LogP contribution in [0.3, 0.4) is 0 Å². The minimum absolute atomic E-state index is 0.111. The first-order chi connectivity index (χ1) is 8.99. The van der Waals surface area contributed by atoms with E-state index >= 15 is 0 Å². The lowest BCUT2D eigenvalue weighted by atomic mass is 10.1. The van der Waals surface area contributed by atoms with Crippen LogP contribution in [0.5, 0.6) is 5.75 Å². The van der Waals surface area contributed by atoms with Gasteiger partial charge in [-0.05, 0) is 55.0 Å². The molecule has 2 aromatic carbocycles. The molecule has 0 aliphatic heterocycles. The van der Waals surface area contributed by atoms with E-state index in [1.165, 1.54) is 4.90 Å². The van der Waals surface area contributed by atoms with Gasteiger partial charge in [-0.25, -0.2) is 0 Å². The fraction of sp³-hybridized carbons (Fsp3) is 0.133. The SMILES string of the molecule is Cc1cc(Cl)ccc1C(=O)N(C)c1ccc(O)cc1. The van der Waals surface area contributed by atoms with Crippen LogP contribution in [0.2, 0.25) is 5.02 Å². The number of carbonyl (C=O) groups is 1. The van der Waals surface area contributed by atoms with Gasteiger partial charge >= 0.3 is 0 Å². The summed E-state index contributed by atoms with van der Waals surface area (Å²) in [6, 6.07) is 11.7. The summed E-state index contributed by atoms with van der Waals surface area (Å²) in [5.74, 6) is 0.0622. The van der Waals surface area contributed by atoms with Crippen LogP contribution in [0, 0.1) is 6.92 Å². The van der Waals surface area contributed by atoms with Crippen molar-refractivity contribution >= 4 is 23.2 Å². The maximum Gasteiger partial charge on any atom is 0.258 e. The zero-order valence-electron chi connectivity index (χ0n) is 10.7. The first kappa shape index (κ1) is 13.4. The highest BCUT2D eigenvalue weighted by molar-refractivity contribution is 6.30. The number of nitrogens with zero attached hydrogens (tertiary/aromatic N) is 1. The van der Waals surface area contributed by atoms with E-state index in [0.29, 0.717) is 10.6 Å². The molecule has 0 spiro atoms. The van der Waals surface area contributed by atoms with E-state index in [0.717, 1.165) is 11.3 Å². The number of anilines is 1. The average molecular weight is 276 g/mol. The molecule has 0 atom stereocenters. The molecule has 3 nitrogen and oxygen atoms in total. The second-order valence-corrected chi connectivity index (χ2v) is 4.78. The normalized spacial score (nSPS) is 10.3. The Bertz CT molecular complexity index is 608. The second kappa shape index (κ2) is 5.33. The van der Waals surface area contributed by atoms with Crippen LogP contribution in [0.15, 0.2) is 42.5 Å². The minimum Gasteiger partial charge on any atom is -0.508 e. The molecule has 1 amide bonds. The number of halogens is 1. The number of rotatable bonds is 2. The van der Waals surface area contributed by atoms with Crippen molar-refractivity contribution in [3.8, 4) is 5.75 Å². The topological polar surface area (TPSA) is 40.5 Å². The molecule has 0 saturated heterocycles. The third kappa shape index (κ3) is 2.88. The Balaban J connectivity index is 2.30. The third-order valence-corrected chi connectivity index (χ3v) is 3.20. The highest BCUT2D eigenvalue weighted by Crippen LogP contribution is 2.21. The number of aryl methyl sites for hydroxylation is 1. The van der Waals surface area contributed by atoms with E-state index in [2.05, 4.69) is 0 Å². The smallest absolute Gasteiger partial charge is 0.258 e. The molecular weight excluding hydrogens is 262 g/mol. The highest BCUT2D eigenvalue weighted by atomic mass is 35.5. The van der Waals surface area contributed by atoms with Gasteiger partial charge in [-0.15, -0.1) is 0 Å². The van der Waals surface area contributed by atoms with Crippen LogP contribution >= 0.6 is 11.6 Å². The van der Waals surface area contributed by atoms with Crippen molar-refractivity contribution in [2.75, 3.05) is 11.9 Å². The lowest BCUT2D eigenvalue weighted by molar-refractivity contribution is 0.0992. The van der Waals surface area contributed by atoms with Gasteiger partial charge in [-0.2, -0.15) is 0 Å². The maximum atomic E-state index is 12.4. The Morgan fingerprint density at radius 3 is 2.37 bits per heavy atom. The first-order valence-corrected chi connectivity index (χ1v) is 6.20. The first-order valence-electron chi connectivity index (χ1n) is 5.82. The van der Waals surface area contributed by atoms with Crippen molar-refractivity contribution in [1.29, 1.82) is 0 Å². The van der Waals surface area contributed by atoms with Crippen LogP contribution in [-0.4, -0.2) is 18.1 Å². The fourth-order valence-corrected chi connectivity index (χ4v) is 2.07. The van der Waals surface area contributed by atoms with Crippen LogP contribution in [-0.2, 0) is 0 Å². The zero-order valence-corrected chi connectivity index (χ0v) is 11.5. The zero-order chi connectivity index (χ0) is 14.0. The number of carbonyl (C=O) groups excluding carboxylic acids is 1. The lowest BCUT2D eigenvalue weighted by Gasteiger charge is -2.18. The standard InChI is InChI=1S/C15H14ClNO2/c1-10-9-11(16)3-8-14(10)15(19)17(2)12-4-6-13(18)7-5-12/h3-9,18H,1-2H3. The van der Waals surface area contributed by atoms with Gasteiger partial charge in [-0.1, -0.05) is 11.6 Å². The monoisotopic (exact) mass is 275 g/mol. The van der Waals surface area contributed by atoms with Gasteiger partial charge in [0, 0.05) is 23.3 Å². The Morgan fingerprint density at radius 2 is 1.79 bits per heavy atom. The summed E-state index contributed by atoms with van der Waals surface area (Å²) in [6.07, 6.45) is 0. The minimum atomic E-state index is -0.111. The summed E-state index contributed by atoms with van der Waals surface area (Å²) in [5.41, 5.74) is 2.17. The molecule has 0 unspecified atom stereocenters. The number of phenols is 1. The molecule has 4 heteroatoms. The third-order valence-electron chi connectivity index (χ3n) is 2.96. The van der Waals surface area contributed by atoms with Gasteiger partial charge < -0.3 is 10.0 Å². The number of amides is 1. The van der Waals surface area contributed by atoms with Crippen LogP contribution in [0.25, 0.3) is 0 Å². The Morgan fingerprint density at radius 1 is 1.16 bits per heavy atom. The van der Waals surface area contributed by atoms with E-state index in [9.17, 15) is 9.90 Å². The van der Waals surface area contributed by atoms with Gasteiger partial charge in [0.2, 0.25) is 0 Å². The molecule has 19 heavy (non-hydrogen) atoms. The predicted octanol–water partition coefficient (Wildman–Crippen LogP) is 3.63. The van der Waals surface area contributed by atoms with Crippen LogP contribution in [0.1, 0.15) is 15.9 Å². The van der Waals surface area contributed by atoms with E-state index in [4.69, 9.17) is 11.6 Å². The van der Waals surface area contributed by atoms with Crippen molar-refractivity contribution in [3.05, 3.63) is 58.6 Å². The molecule has 2 aromatic rings. The summed E-state index contributed by atoms with van der Waals surface area (Å²) in [5, 5.41) is 9.86. The molecule has 0 heterocycles. The van der Waals surface area contributed by atoms with Crippen LogP contribution < -0.4 is 4.90 Å². The van der Waals surface area contributed by atoms with Gasteiger partial charge in [-0.3, -0.25) is 4.79 Å². The van der Waals surface area contributed by atoms with Gasteiger partial charge in [0.25, 0.3) is 5.91 Å². The Hall–Kier alpha value is -2.00. The average Bonchev–Trinajstić information content (AvgIpc) is 2.38. The highest BCUT2D eigenvalue weighted by Gasteiger charge is 2.15. The second-order valence-electron chi connectivity index (χ2n) is 4.34. The molecule has 0 radical (unpaired) electrons. The Kier molecular flexibility index (Phi) is 3.76. The van der Waals surface area contributed by atoms with Gasteiger partial charge in [0.15, 0.2) is 0 Å². The van der Waals surface area contributed by atoms with E-state index in [1.54, 1.807) is 49.5 Å². The summed E-state index contributed by atoms with van der Waals surface area (Å²) >= 11 is 5.88. The van der Waals surface area contributed by atoms with Crippen molar-refractivity contribution < 1.29 is 9.90 Å². The molecule has 0 aromatic heterocycles. The van der Waals surface area contributed by atoms with E-state index in [1.807, 2.05) is 6.92 Å². The van der Waals surface area contributed by atoms with Crippen molar-refractivity contribution in [2.45, 2.75) is 6.92 Å². The van der Waals surface area contributed by atoms with E-state index < -0.39 is 0 Å². The largest absolute Gasteiger partial charge is 0.508 e. The lowest BCUT2D eigenvalue weighted by Crippen LogP contribution is -2.26. The number of aromatic hydroxyl groups is 1. The molecule has 0 bridgehead atoms. The summed E-state index contributed by atoms with van der Waals surface area (Å²) in [7, 11) is 1.70. The predicted molar refractivity (Wildman–Crippen MR) is 77.0 cm³/mol. The molecule has 0 fully saturated rings. The quantitative estimate of drug-likeness (QED) is 0.909. The molecule has 2 rings (SSSR count). The number of hydrogen-bond acceptors (Lipinski definition) is 2. The van der Waals surface area contributed by atoms with Crippen LogP contribution in [0.4, 0.5) is 5.69 Å². The summed E-state index contributed by atoms with van der Waals surface area (Å²) in [6.45, 7) is 1.85. The van der Waals surface area contributed by atoms with Gasteiger partial charge in [0.1, 0.15) is 5.75 Å². The Labute approximate surface area is 117 Å². The van der Waals surface area contributed by atoms with Crippen molar-refractivity contribution in [1.82, 2.24) is 0 Å². The van der Waals surface area contributed by atoms with Crippen molar-refractivity contribution in [3.63, 3.8) is 0 Å². The van der Waals surface area contributed by atoms with E-state index in [-0.39, 0.29) is 11.7 Å². The number of benzene rings is 2. The van der Waals surface area contributed by atoms with Gasteiger partial charge in [0.05, 0.1) is 0 Å². The number of hydrogen-bond donors (Lipinski definition) is 1.